The number of halogens is 2. The molecule has 0 radical (unpaired) electrons. The van der Waals surface area contributed by atoms with E-state index in [-0.39, 0.29) is 34.0 Å². The molecular weight excluding hydrogens is 925 g/mol. The average Bonchev–Trinajstić information content (AvgIpc) is 3.69. The van der Waals surface area contributed by atoms with Gasteiger partial charge in [0.1, 0.15) is 0 Å². The normalized spacial score (nSPS) is 18.8. The molecule has 2 unspecified atom stereocenters. The molecule has 0 heterocycles. The van der Waals surface area contributed by atoms with E-state index in [0.717, 1.165) is 7.35 Å². The van der Waals surface area contributed by atoms with Gasteiger partial charge in [0.25, 0.3) is 0 Å². The fraction of sp³-hybridized carbons (Fsp3) is 0.235. The van der Waals surface area contributed by atoms with Crippen LogP contribution < -0.4 is 0 Å². The van der Waals surface area contributed by atoms with Gasteiger partial charge in [0, 0.05) is 0 Å². The second-order valence-corrected chi connectivity index (χ2v) is 32.6. The van der Waals surface area contributed by atoms with Gasteiger partial charge in [0.05, 0.1) is 0 Å². The predicted molar refractivity (Wildman–Crippen MR) is 173 cm³/mol. The van der Waals surface area contributed by atoms with Gasteiger partial charge in [-0.1, -0.05) is 0 Å². The van der Waals surface area contributed by atoms with Crippen LogP contribution in [0.25, 0.3) is 12.2 Å². The number of hydrogen-bond donors (Lipinski definition) is 0. The summed E-state index contributed by atoms with van der Waals surface area (Å²) < 4.78 is 8.46. The molecule has 2 aromatic carbocycles. The fourth-order valence-corrected chi connectivity index (χ4v) is 28.5. The van der Waals surface area contributed by atoms with Gasteiger partial charge in [0.2, 0.25) is 0 Å². The standard InChI is InChI=1S/2C9H7.2C5H5.2C3H6.2BrH.2Hf/c2*1-2-5-9-7-3-6-8(9)4-1;2*1-2-4-5-3-1;2*1-3-2;;;;/h2*1-7H;2*1-3H,4H2;2*1-2H3;2*1H;;. The number of rotatable bonds is 4. The summed E-state index contributed by atoms with van der Waals surface area (Å²) in [5.41, 5.74) is 6.04. The Bertz CT molecular complexity index is 1310. The van der Waals surface area contributed by atoms with Crippen molar-refractivity contribution in [2.45, 2.75) is 47.9 Å². The zero-order chi connectivity index (χ0) is 25.1. The van der Waals surface area contributed by atoms with Crippen LogP contribution in [0.3, 0.4) is 0 Å². The van der Waals surface area contributed by atoms with Crippen LogP contribution in [-0.2, 0) is 41.9 Å². The minimum atomic E-state index is -1.86. The Morgan fingerprint density at radius 1 is 0.605 bits per heavy atom. The summed E-state index contributed by atoms with van der Waals surface area (Å²) in [7, 11) is 0. The zero-order valence-electron chi connectivity index (χ0n) is 22.8. The molecule has 0 saturated carbocycles. The molecule has 0 N–H and O–H groups in total. The van der Waals surface area contributed by atoms with Crippen molar-refractivity contribution in [2.75, 3.05) is 0 Å². The van der Waals surface area contributed by atoms with Crippen molar-refractivity contribution in [3.63, 3.8) is 0 Å². The maximum atomic E-state index is 2.47. The minimum absolute atomic E-state index is 0. The van der Waals surface area contributed by atoms with Crippen molar-refractivity contribution >= 4 is 52.6 Å². The number of fused-ring (bicyclic) bond motifs is 2. The van der Waals surface area contributed by atoms with E-state index >= 15 is 0 Å². The van der Waals surface area contributed by atoms with Crippen molar-refractivity contribution in [3.8, 4) is 0 Å². The van der Waals surface area contributed by atoms with Gasteiger partial charge in [-0.3, -0.25) is 0 Å². The molecule has 0 bridgehead atoms. The van der Waals surface area contributed by atoms with Crippen LogP contribution in [0.4, 0.5) is 0 Å². The van der Waals surface area contributed by atoms with Crippen LogP contribution in [0.5, 0.6) is 0 Å². The van der Waals surface area contributed by atoms with Crippen LogP contribution in [0, 0.1) is 0 Å². The molecule has 0 nitrogen and oxygen atoms in total. The van der Waals surface area contributed by atoms with Crippen molar-refractivity contribution in [1.82, 2.24) is 0 Å². The molecule has 38 heavy (non-hydrogen) atoms. The number of benzene rings is 2. The van der Waals surface area contributed by atoms with Crippen LogP contribution >= 0.6 is 34.0 Å². The third kappa shape index (κ3) is 6.96. The summed E-state index contributed by atoms with van der Waals surface area (Å²) in [5, 5.41) is 0. The van der Waals surface area contributed by atoms with Gasteiger partial charge in [-0.05, 0) is 0 Å². The van der Waals surface area contributed by atoms with Crippen LogP contribution in [-0.4, -0.2) is 6.51 Å². The Balaban J connectivity index is 0.000000200. The molecule has 4 aliphatic carbocycles. The van der Waals surface area contributed by atoms with Crippen molar-refractivity contribution in [2.24, 2.45) is 0 Å². The Hall–Kier alpha value is -0.680. The molecule has 0 aromatic heterocycles. The molecule has 0 fully saturated rings. The average molecular weight is 963 g/mol. The van der Waals surface area contributed by atoms with Gasteiger partial charge in [-0.15, -0.1) is 34.0 Å². The van der Waals surface area contributed by atoms with Crippen LogP contribution in [0.2, 0.25) is 0 Å². The summed E-state index contributed by atoms with van der Waals surface area (Å²) >= 11 is -3.72. The monoisotopic (exact) mass is 964 g/mol. The van der Waals surface area contributed by atoms with Gasteiger partial charge >= 0.3 is 235 Å². The molecular formula is C34H38Br2Hf2. The first kappa shape index (κ1) is 31.8. The second kappa shape index (κ2) is 14.8. The van der Waals surface area contributed by atoms with Crippen molar-refractivity contribution in [3.05, 3.63) is 126 Å². The molecule has 0 saturated heterocycles. The summed E-state index contributed by atoms with van der Waals surface area (Å²) in [6.07, 6.45) is 25.9. The molecule has 6 rings (SSSR count). The van der Waals surface area contributed by atoms with E-state index in [1.54, 1.807) is 24.3 Å². The first-order valence-electron chi connectivity index (χ1n) is 13.2. The summed E-state index contributed by atoms with van der Waals surface area (Å²) in [6.45, 7) is 9.43. The van der Waals surface area contributed by atoms with E-state index in [1.165, 1.54) is 24.0 Å². The third-order valence-corrected chi connectivity index (χ3v) is 31.0. The van der Waals surface area contributed by atoms with Gasteiger partial charge in [-0.2, -0.15) is 0 Å². The number of hydrogen-bond acceptors (Lipinski definition) is 0. The fourth-order valence-electron chi connectivity index (χ4n) is 5.96. The maximum absolute atomic E-state index is 2.47. The SMILES string of the molecule is Br.Br.C[C](C)=[Hf]([C]1=CC=CC1)[CH]1C=Cc2ccccc21.C[C](C)=[Hf]([C]1=CC=CC1)[CH]1C=Cc2ccccc21. The second-order valence-electron chi connectivity index (χ2n) is 10.4. The van der Waals surface area contributed by atoms with E-state index in [9.17, 15) is 0 Å². The Labute approximate surface area is 265 Å². The number of allylic oxidation sites excluding steroid dienone is 10. The van der Waals surface area contributed by atoms with Crippen LogP contribution in [0.1, 0.15) is 70.1 Å². The molecule has 4 aliphatic rings. The first-order chi connectivity index (χ1) is 17.5. The molecule has 2 aromatic rings. The van der Waals surface area contributed by atoms with E-state index in [4.69, 9.17) is 0 Å². The topological polar surface area (TPSA) is 0 Å². The quantitative estimate of drug-likeness (QED) is 0.268. The molecule has 0 spiro atoms. The predicted octanol–water partition coefficient (Wildman–Crippen LogP) is 10.0. The van der Waals surface area contributed by atoms with Crippen molar-refractivity contribution < 1.29 is 41.9 Å². The molecule has 4 heteroatoms. The van der Waals surface area contributed by atoms with Crippen LogP contribution in [0.15, 0.2) is 104 Å². The van der Waals surface area contributed by atoms with Gasteiger partial charge in [0.15, 0.2) is 0 Å². The Kier molecular flexibility index (Phi) is 12.4. The van der Waals surface area contributed by atoms with E-state index in [2.05, 4.69) is 137 Å². The first-order valence-corrected chi connectivity index (χ1v) is 24.5. The van der Waals surface area contributed by atoms with Gasteiger partial charge < -0.3 is 0 Å². The molecule has 196 valence electrons. The van der Waals surface area contributed by atoms with E-state index in [0.29, 0.717) is 0 Å². The van der Waals surface area contributed by atoms with Crippen molar-refractivity contribution in [1.29, 1.82) is 0 Å². The zero-order valence-corrected chi connectivity index (χ0v) is 33.4. The van der Waals surface area contributed by atoms with Gasteiger partial charge in [-0.25, -0.2) is 0 Å². The summed E-state index contributed by atoms with van der Waals surface area (Å²) in [5.74, 6) is 0. The Morgan fingerprint density at radius 3 is 1.34 bits per heavy atom. The summed E-state index contributed by atoms with van der Waals surface area (Å²) in [4.78, 5) is 0. The third-order valence-electron chi connectivity index (χ3n) is 7.53. The molecule has 0 aliphatic heterocycles. The molecule has 2 atom stereocenters. The molecule has 0 amide bonds. The van der Waals surface area contributed by atoms with E-state index < -0.39 is 41.9 Å². The van der Waals surface area contributed by atoms with E-state index in [1.807, 2.05) is 0 Å². The summed E-state index contributed by atoms with van der Waals surface area (Å²) in [6, 6.07) is 17.8. The Morgan fingerprint density at radius 2 is 1.00 bits per heavy atom.